The molecular formula is C27H24F2N4O4. The lowest BCUT2D eigenvalue weighted by molar-refractivity contribution is -0.148. The molecule has 37 heavy (non-hydrogen) atoms. The monoisotopic (exact) mass is 506 g/mol. The number of aromatic nitrogens is 2. The van der Waals surface area contributed by atoms with Crippen LogP contribution in [0, 0.1) is 11.6 Å². The van der Waals surface area contributed by atoms with E-state index in [1.807, 2.05) is 35.8 Å². The number of hydrogen-bond donors (Lipinski definition) is 2. The van der Waals surface area contributed by atoms with E-state index in [-0.39, 0.29) is 36.0 Å². The number of amides is 1. The van der Waals surface area contributed by atoms with Crippen molar-refractivity contribution in [3.8, 4) is 0 Å². The van der Waals surface area contributed by atoms with Crippen LogP contribution in [0.25, 0.3) is 10.9 Å². The number of rotatable bonds is 8. The van der Waals surface area contributed by atoms with Crippen molar-refractivity contribution >= 4 is 28.6 Å². The van der Waals surface area contributed by atoms with Crippen molar-refractivity contribution in [2.24, 2.45) is 0 Å². The largest absolute Gasteiger partial charge is 0.366 e. The van der Waals surface area contributed by atoms with E-state index in [2.05, 4.69) is 15.1 Å². The highest BCUT2D eigenvalue weighted by atomic mass is 19.1. The number of anilines is 1. The molecule has 1 amide bonds. The number of hydroxylamine groups is 1. The standard InChI is InChI=1S/C27H24F2N4O4/c1-2-23(34)37-32-27(36)20-16-33(13-11-17-8-4-3-5-9-17)25-18(26(20)35)14-21(28)19(24(25)29)15-31-22-10-6-7-12-30-22/h3-10,12,14,16H,2,11,13,15H2,1H3,(H,30,31)(H,32,36). The third-order valence-electron chi connectivity index (χ3n) is 5.73. The molecule has 2 N–H and O–H groups in total. The van der Waals surface area contributed by atoms with Crippen LogP contribution in [0.4, 0.5) is 14.6 Å². The molecular weight excluding hydrogens is 482 g/mol. The maximum absolute atomic E-state index is 15.8. The number of hydrogen-bond acceptors (Lipinski definition) is 6. The highest BCUT2D eigenvalue weighted by Crippen LogP contribution is 2.24. The first-order valence-electron chi connectivity index (χ1n) is 11.6. The molecule has 10 heteroatoms. The number of fused-ring (bicyclic) bond motifs is 1. The molecule has 2 aromatic carbocycles. The first-order valence-corrected chi connectivity index (χ1v) is 11.6. The topological polar surface area (TPSA) is 102 Å². The lowest BCUT2D eigenvalue weighted by atomic mass is 10.1. The number of carbonyl (C=O) groups is 2. The van der Waals surface area contributed by atoms with Gasteiger partial charge in [-0.2, -0.15) is 5.48 Å². The molecule has 190 valence electrons. The van der Waals surface area contributed by atoms with E-state index in [4.69, 9.17) is 0 Å². The van der Waals surface area contributed by atoms with Crippen molar-refractivity contribution in [1.29, 1.82) is 0 Å². The second-order valence-electron chi connectivity index (χ2n) is 8.18. The van der Waals surface area contributed by atoms with E-state index in [0.717, 1.165) is 11.6 Å². The molecule has 0 spiro atoms. The first kappa shape index (κ1) is 25.5. The maximum Gasteiger partial charge on any atom is 0.331 e. The fraction of sp³-hybridized carbons (Fsp3) is 0.185. The summed E-state index contributed by atoms with van der Waals surface area (Å²) in [6.45, 7) is 1.51. The number of nitrogens with one attached hydrogen (secondary N) is 2. The molecule has 2 aromatic heterocycles. The van der Waals surface area contributed by atoms with E-state index in [0.29, 0.717) is 12.2 Å². The second kappa shape index (κ2) is 11.4. The van der Waals surface area contributed by atoms with Gasteiger partial charge in [0, 0.05) is 37.5 Å². The zero-order valence-corrected chi connectivity index (χ0v) is 20.0. The molecule has 0 unspecified atom stereocenters. The summed E-state index contributed by atoms with van der Waals surface area (Å²) in [4.78, 5) is 45.9. The molecule has 0 saturated carbocycles. The van der Waals surface area contributed by atoms with Gasteiger partial charge >= 0.3 is 5.97 Å². The van der Waals surface area contributed by atoms with Crippen molar-refractivity contribution in [3.63, 3.8) is 0 Å². The third kappa shape index (κ3) is 5.80. The van der Waals surface area contributed by atoms with Gasteiger partial charge < -0.3 is 14.7 Å². The molecule has 0 atom stereocenters. The zero-order valence-electron chi connectivity index (χ0n) is 20.0. The summed E-state index contributed by atoms with van der Waals surface area (Å²) in [5.41, 5.74) is 1.15. The molecule has 8 nitrogen and oxygen atoms in total. The van der Waals surface area contributed by atoms with Crippen molar-refractivity contribution < 1.29 is 23.2 Å². The van der Waals surface area contributed by atoms with Gasteiger partial charge in [0.1, 0.15) is 17.2 Å². The molecule has 4 rings (SSSR count). The third-order valence-corrected chi connectivity index (χ3v) is 5.73. The minimum absolute atomic E-state index is 0.00500. The van der Waals surface area contributed by atoms with Crippen LogP contribution in [-0.2, 0) is 29.1 Å². The van der Waals surface area contributed by atoms with Crippen LogP contribution < -0.4 is 16.2 Å². The molecule has 0 aliphatic rings. The van der Waals surface area contributed by atoms with Crippen LogP contribution in [0.15, 0.2) is 71.8 Å². The minimum atomic E-state index is -0.996. The molecule has 0 bridgehead atoms. The summed E-state index contributed by atoms with van der Waals surface area (Å²) in [6, 6.07) is 15.4. The molecule has 0 aliphatic carbocycles. The lowest BCUT2D eigenvalue weighted by Crippen LogP contribution is -2.32. The number of pyridine rings is 2. The van der Waals surface area contributed by atoms with E-state index < -0.39 is 34.5 Å². The zero-order chi connectivity index (χ0) is 26.4. The van der Waals surface area contributed by atoms with E-state index >= 15 is 8.78 Å². The Balaban J connectivity index is 1.78. The summed E-state index contributed by atoms with van der Waals surface area (Å²) in [7, 11) is 0. The summed E-state index contributed by atoms with van der Waals surface area (Å²) in [5, 5.41) is 2.56. The Morgan fingerprint density at radius 3 is 2.54 bits per heavy atom. The first-order chi connectivity index (χ1) is 17.9. The normalized spacial score (nSPS) is 10.8. The molecule has 0 aliphatic heterocycles. The fourth-order valence-electron chi connectivity index (χ4n) is 3.80. The Morgan fingerprint density at radius 2 is 1.84 bits per heavy atom. The van der Waals surface area contributed by atoms with Crippen molar-refractivity contribution in [3.05, 3.63) is 106 Å². The fourth-order valence-corrected chi connectivity index (χ4v) is 3.80. The van der Waals surface area contributed by atoms with Gasteiger partial charge in [0.05, 0.1) is 10.9 Å². The van der Waals surface area contributed by atoms with Gasteiger partial charge in [0.15, 0.2) is 5.82 Å². The molecule has 0 saturated heterocycles. The van der Waals surface area contributed by atoms with Gasteiger partial charge in [-0.25, -0.2) is 18.6 Å². The van der Waals surface area contributed by atoms with Crippen molar-refractivity contribution in [2.45, 2.75) is 32.9 Å². The Bertz CT molecular complexity index is 1490. The van der Waals surface area contributed by atoms with Crippen LogP contribution in [0.1, 0.15) is 34.8 Å². The van der Waals surface area contributed by atoms with E-state index in [1.165, 1.54) is 17.7 Å². The average Bonchev–Trinajstić information content (AvgIpc) is 2.92. The Labute approximate surface area is 210 Å². The average molecular weight is 507 g/mol. The molecule has 4 aromatic rings. The van der Waals surface area contributed by atoms with Crippen LogP contribution in [0.2, 0.25) is 0 Å². The minimum Gasteiger partial charge on any atom is -0.366 e. The van der Waals surface area contributed by atoms with Gasteiger partial charge in [0.25, 0.3) is 5.91 Å². The smallest absolute Gasteiger partial charge is 0.331 e. The summed E-state index contributed by atoms with van der Waals surface area (Å²) in [5.74, 6) is -3.15. The SMILES string of the molecule is CCC(=O)ONC(=O)c1cn(CCc2ccccc2)c2c(F)c(CNc3ccccn3)c(F)cc2c1=O. The number of benzene rings is 2. The Kier molecular flexibility index (Phi) is 7.87. The number of aryl methyl sites for hydroxylation is 2. The quantitative estimate of drug-likeness (QED) is 0.349. The Morgan fingerprint density at radius 1 is 1.08 bits per heavy atom. The highest BCUT2D eigenvalue weighted by Gasteiger charge is 2.23. The van der Waals surface area contributed by atoms with Crippen LogP contribution >= 0.6 is 0 Å². The number of carbonyl (C=O) groups excluding carboxylic acids is 2. The second-order valence-corrected chi connectivity index (χ2v) is 8.18. The van der Waals surface area contributed by atoms with E-state index in [1.54, 1.807) is 24.4 Å². The lowest BCUT2D eigenvalue weighted by Gasteiger charge is -2.17. The molecule has 2 heterocycles. The highest BCUT2D eigenvalue weighted by molar-refractivity contribution is 5.97. The predicted octanol–water partition coefficient (Wildman–Crippen LogP) is 4.13. The van der Waals surface area contributed by atoms with Gasteiger partial charge in [-0.3, -0.25) is 9.59 Å². The number of nitrogens with zero attached hydrogens (tertiary/aromatic N) is 2. The van der Waals surface area contributed by atoms with Crippen molar-refractivity contribution in [1.82, 2.24) is 15.0 Å². The van der Waals surface area contributed by atoms with Gasteiger partial charge in [0.2, 0.25) is 5.43 Å². The molecule has 0 radical (unpaired) electrons. The molecule has 0 fully saturated rings. The van der Waals surface area contributed by atoms with Crippen LogP contribution in [0.5, 0.6) is 0 Å². The number of halogens is 2. The van der Waals surface area contributed by atoms with E-state index in [9.17, 15) is 14.4 Å². The van der Waals surface area contributed by atoms with Crippen LogP contribution in [-0.4, -0.2) is 21.4 Å². The predicted molar refractivity (Wildman–Crippen MR) is 134 cm³/mol. The van der Waals surface area contributed by atoms with Gasteiger partial charge in [-0.1, -0.05) is 43.3 Å². The Hall–Kier alpha value is -4.60. The van der Waals surface area contributed by atoms with Crippen molar-refractivity contribution in [2.75, 3.05) is 5.32 Å². The van der Waals surface area contributed by atoms with Gasteiger partial charge in [-0.15, -0.1) is 0 Å². The summed E-state index contributed by atoms with van der Waals surface area (Å²) >= 11 is 0. The summed E-state index contributed by atoms with van der Waals surface area (Å²) in [6.07, 6.45) is 3.19. The maximum atomic E-state index is 15.8. The van der Waals surface area contributed by atoms with Crippen LogP contribution in [0.3, 0.4) is 0 Å². The van der Waals surface area contributed by atoms with Gasteiger partial charge in [-0.05, 0) is 30.2 Å². The summed E-state index contributed by atoms with van der Waals surface area (Å²) < 4.78 is 32.3.